The van der Waals surface area contributed by atoms with E-state index in [1.807, 2.05) is 35.7 Å². The number of fused-ring (bicyclic) bond motifs is 1. The fourth-order valence-corrected chi connectivity index (χ4v) is 4.88. The van der Waals surface area contributed by atoms with Crippen molar-refractivity contribution in [3.63, 3.8) is 0 Å². The SMILES string of the molecule is O=C1Nc2ccc(-c3ccc(F)cc3F)cc2CC1Cc1csc(-c2ccc(Cl)cc2)n1. The van der Waals surface area contributed by atoms with E-state index in [2.05, 4.69) is 10.3 Å². The van der Waals surface area contributed by atoms with Crippen LogP contribution in [0.4, 0.5) is 14.5 Å². The molecule has 1 N–H and O–H groups in total. The molecule has 1 aliphatic rings. The zero-order chi connectivity index (χ0) is 22.2. The quantitative estimate of drug-likeness (QED) is 0.361. The third-order valence-corrected chi connectivity index (χ3v) is 6.73. The van der Waals surface area contributed by atoms with Gasteiger partial charge in [0.15, 0.2) is 0 Å². The van der Waals surface area contributed by atoms with Gasteiger partial charge in [-0.3, -0.25) is 4.79 Å². The van der Waals surface area contributed by atoms with Gasteiger partial charge in [-0.05, 0) is 53.9 Å². The first kappa shape index (κ1) is 20.8. The molecule has 0 saturated carbocycles. The van der Waals surface area contributed by atoms with Crippen LogP contribution in [0.1, 0.15) is 11.3 Å². The first-order chi connectivity index (χ1) is 15.5. The van der Waals surface area contributed by atoms with Crippen molar-refractivity contribution < 1.29 is 13.6 Å². The standard InChI is InChI=1S/C25H17ClF2N2OS/c26-18-4-1-14(2-5-18)25-29-20(13-32-25)11-17-10-16-9-15(3-8-23(16)30-24(17)31)21-7-6-19(27)12-22(21)28/h1-9,12-13,17H,10-11H2,(H,30,31). The van der Waals surface area contributed by atoms with Crippen molar-refractivity contribution in [2.24, 2.45) is 5.92 Å². The normalized spacial score (nSPS) is 15.3. The summed E-state index contributed by atoms with van der Waals surface area (Å²) in [6.07, 6.45) is 1.02. The van der Waals surface area contributed by atoms with Crippen molar-refractivity contribution in [2.45, 2.75) is 12.8 Å². The third-order valence-electron chi connectivity index (χ3n) is 5.54. The van der Waals surface area contributed by atoms with E-state index in [0.29, 0.717) is 29.0 Å². The van der Waals surface area contributed by atoms with Crippen molar-refractivity contribution in [3.05, 3.63) is 94.0 Å². The molecule has 1 atom stereocenters. The Morgan fingerprint density at radius 2 is 1.81 bits per heavy atom. The highest BCUT2D eigenvalue weighted by atomic mass is 35.5. The fraction of sp³-hybridized carbons (Fsp3) is 0.120. The van der Waals surface area contributed by atoms with E-state index < -0.39 is 11.6 Å². The van der Waals surface area contributed by atoms with Gasteiger partial charge in [-0.15, -0.1) is 11.3 Å². The number of anilines is 1. The van der Waals surface area contributed by atoms with Gasteiger partial charge in [-0.25, -0.2) is 13.8 Å². The summed E-state index contributed by atoms with van der Waals surface area (Å²) >= 11 is 7.49. The molecule has 3 aromatic carbocycles. The van der Waals surface area contributed by atoms with E-state index in [1.165, 1.54) is 23.5 Å². The van der Waals surface area contributed by atoms with E-state index in [4.69, 9.17) is 11.6 Å². The van der Waals surface area contributed by atoms with Crippen LogP contribution in [0.5, 0.6) is 0 Å². The maximum Gasteiger partial charge on any atom is 0.228 e. The van der Waals surface area contributed by atoms with Crippen LogP contribution in [-0.2, 0) is 17.6 Å². The predicted octanol–water partition coefficient (Wildman–Crippen LogP) is 6.76. The lowest BCUT2D eigenvalue weighted by Crippen LogP contribution is -2.31. The number of halogens is 3. The molecule has 1 unspecified atom stereocenters. The van der Waals surface area contributed by atoms with Gasteiger partial charge in [0.05, 0.1) is 5.69 Å². The van der Waals surface area contributed by atoms with Crippen LogP contribution in [0.2, 0.25) is 5.02 Å². The molecule has 1 aliphatic heterocycles. The Kier molecular flexibility index (Phi) is 5.49. The topological polar surface area (TPSA) is 42.0 Å². The Labute approximate surface area is 192 Å². The van der Waals surface area contributed by atoms with Crippen molar-refractivity contribution in [2.75, 3.05) is 5.32 Å². The van der Waals surface area contributed by atoms with Gasteiger partial charge >= 0.3 is 0 Å². The van der Waals surface area contributed by atoms with Gasteiger partial charge in [-0.1, -0.05) is 29.8 Å². The maximum atomic E-state index is 14.2. The number of aromatic nitrogens is 1. The highest BCUT2D eigenvalue weighted by Gasteiger charge is 2.27. The summed E-state index contributed by atoms with van der Waals surface area (Å²) in [6, 6.07) is 16.4. The van der Waals surface area contributed by atoms with Gasteiger partial charge in [0, 0.05) is 45.6 Å². The molecule has 0 saturated heterocycles. The average molecular weight is 467 g/mol. The average Bonchev–Trinajstić information content (AvgIpc) is 3.23. The Morgan fingerprint density at radius 3 is 2.59 bits per heavy atom. The number of rotatable bonds is 4. The molecule has 0 aliphatic carbocycles. The van der Waals surface area contributed by atoms with Gasteiger partial charge in [0.1, 0.15) is 16.6 Å². The lowest BCUT2D eigenvalue weighted by atomic mass is 9.88. The Hall–Kier alpha value is -3.09. The van der Waals surface area contributed by atoms with Crippen LogP contribution in [0, 0.1) is 17.6 Å². The fourth-order valence-electron chi connectivity index (χ4n) is 3.91. The monoisotopic (exact) mass is 466 g/mol. The predicted molar refractivity (Wildman–Crippen MR) is 124 cm³/mol. The molecular formula is C25H17ClF2N2OS. The van der Waals surface area contributed by atoms with Crippen LogP contribution in [-0.4, -0.2) is 10.9 Å². The smallest absolute Gasteiger partial charge is 0.228 e. The Morgan fingerprint density at radius 1 is 1.03 bits per heavy atom. The summed E-state index contributed by atoms with van der Waals surface area (Å²) in [5.74, 6) is -1.56. The first-order valence-electron chi connectivity index (χ1n) is 10.1. The second-order valence-electron chi connectivity index (χ2n) is 7.74. The molecule has 2 heterocycles. The number of amides is 1. The number of carbonyl (C=O) groups is 1. The maximum absolute atomic E-state index is 14.2. The number of benzene rings is 3. The summed E-state index contributed by atoms with van der Waals surface area (Å²) in [6.45, 7) is 0. The van der Waals surface area contributed by atoms with E-state index >= 15 is 0 Å². The van der Waals surface area contributed by atoms with Crippen molar-refractivity contribution >= 4 is 34.5 Å². The van der Waals surface area contributed by atoms with Crippen LogP contribution in [0.3, 0.4) is 0 Å². The van der Waals surface area contributed by atoms with Crippen LogP contribution < -0.4 is 5.32 Å². The highest BCUT2D eigenvalue weighted by Crippen LogP contribution is 2.33. The van der Waals surface area contributed by atoms with Gasteiger partial charge in [0.25, 0.3) is 0 Å². The Balaban J connectivity index is 1.37. The van der Waals surface area contributed by atoms with Crippen LogP contribution in [0.15, 0.2) is 66.0 Å². The van der Waals surface area contributed by atoms with E-state index in [1.54, 1.807) is 12.1 Å². The number of nitrogens with one attached hydrogen (secondary N) is 1. The Bertz CT molecular complexity index is 1320. The van der Waals surface area contributed by atoms with Crippen molar-refractivity contribution in [1.82, 2.24) is 4.98 Å². The second kappa shape index (κ2) is 8.45. The third kappa shape index (κ3) is 4.16. The van der Waals surface area contributed by atoms with Crippen LogP contribution >= 0.6 is 22.9 Å². The lowest BCUT2D eigenvalue weighted by molar-refractivity contribution is -0.120. The molecule has 1 aromatic heterocycles. The molecule has 3 nitrogen and oxygen atoms in total. The molecule has 0 spiro atoms. The highest BCUT2D eigenvalue weighted by molar-refractivity contribution is 7.13. The summed E-state index contributed by atoms with van der Waals surface area (Å²) in [4.78, 5) is 17.4. The van der Waals surface area contributed by atoms with E-state index in [0.717, 1.165) is 33.6 Å². The molecule has 5 rings (SSSR count). The van der Waals surface area contributed by atoms with Crippen molar-refractivity contribution in [3.8, 4) is 21.7 Å². The molecule has 1 amide bonds. The van der Waals surface area contributed by atoms with E-state index in [-0.39, 0.29) is 11.8 Å². The van der Waals surface area contributed by atoms with Crippen molar-refractivity contribution in [1.29, 1.82) is 0 Å². The van der Waals surface area contributed by atoms with Gasteiger partial charge in [0.2, 0.25) is 5.91 Å². The summed E-state index contributed by atoms with van der Waals surface area (Å²) in [7, 11) is 0. The molecule has 4 aromatic rings. The second-order valence-corrected chi connectivity index (χ2v) is 9.04. The minimum atomic E-state index is -0.613. The zero-order valence-corrected chi connectivity index (χ0v) is 18.3. The van der Waals surface area contributed by atoms with Gasteiger partial charge < -0.3 is 5.32 Å². The number of hydrogen-bond acceptors (Lipinski definition) is 3. The number of thiazole rings is 1. The summed E-state index contributed by atoms with van der Waals surface area (Å²) < 4.78 is 27.5. The molecule has 0 fully saturated rings. The lowest BCUT2D eigenvalue weighted by Gasteiger charge is -2.25. The molecular weight excluding hydrogens is 450 g/mol. The van der Waals surface area contributed by atoms with Crippen LogP contribution in [0.25, 0.3) is 21.7 Å². The molecule has 7 heteroatoms. The number of carbonyl (C=O) groups excluding carboxylic acids is 1. The molecule has 160 valence electrons. The van der Waals surface area contributed by atoms with E-state index in [9.17, 15) is 13.6 Å². The molecule has 32 heavy (non-hydrogen) atoms. The number of hydrogen-bond donors (Lipinski definition) is 1. The minimum absolute atomic E-state index is 0.0562. The molecule has 0 bridgehead atoms. The minimum Gasteiger partial charge on any atom is -0.326 e. The van der Waals surface area contributed by atoms with Gasteiger partial charge in [-0.2, -0.15) is 0 Å². The summed E-state index contributed by atoms with van der Waals surface area (Å²) in [5.41, 5.74) is 4.45. The first-order valence-corrected chi connectivity index (χ1v) is 11.3. The zero-order valence-electron chi connectivity index (χ0n) is 16.7. The largest absolute Gasteiger partial charge is 0.326 e. The molecule has 0 radical (unpaired) electrons. The number of nitrogens with zero attached hydrogens (tertiary/aromatic N) is 1. The summed E-state index contributed by atoms with van der Waals surface area (Å²) in [5, 5.41) is 6.46.